The molecule has 4 rings (SSSR count). The summed E-state index contributed by atoms with van der Waals surface area (Å²) in [6.45, 7) is 3.01. The average molecular weight is 380 g/mol. The standard InChI is InChI=1S/C21H18ClN3S/c1-15-19(16-4-3-11-23-14-16)5-2-6-20(15)25(21-24-12-13-26-21)18-9-7-17(22)8-10-18/h2-11,14H,12-13H2,1H3. The molecule has 1 aliphatic heterocycles. The van der Waals surface area contributed by atoms with Gasteiger partial charge in [0.1, 0.15) is 0 Å². The van der Waals surface area contributed by atoms with Crippen molar-refractivity contribution in [3.8, 4) is 11.1 Å². The van der Waals surface area contributed by atoms with Crippen LogP contribution in [-0.2, 0) is 0 Å². The molecule has 5 heteroatoms. The molecule has 130 valence electrons. The number of pyridine rings is 1. The summed E-state index contributed by atoms with van der Waals surface area (Å²) in [7, 11) is 0. The molecule has 0 radical (unpaired) electrons. The van der Waals surface area contributed by atoms with Crippen molar-refractivity contribution < 1.29 is 0 Å². The van der Waals surface area contributed by atoms with Gasteiger partial charge in [0.15, 0.2) is 5.17 Å². The van der Waals surface area contributed by atoms with E-state index in [-0.39, 0.29) is 0 Å². The highest BCUT2D eigenvalue weighted by molar-refractivity contribution is 8.14. The number of rotatable bonds is 3. The molecular formula is C21H18ClN3S. The summed E-state index contributed by atoms with van der Waals surface area (Å²) in [6.07, 6.45) is 3.70. The molecule has 2 aromatic carbocycles. The molecule has 0 N–H and O–H groups in total. The highest BCUT2D eigenvalue weighted by Gasteiger charge is 2.22. The Morgan fingerprint density at radius 2 is 1.88 bits per heavy atom. The van der Waals surface area contributed by atoms with Crippen LogP contribution in [0.2, 0.25) is 5.02 Å². The lowest BCUT2D eigenvalue weighted by molar-refractivity contribution is 1.16. The fourth-order valence-electron chi connectivity index (χ4n) is 3.10. The number of amidine groups is 1. The van der Waals surface area contributed by atoms with Crippen molar-refractivity contribution in [2.45, 2.75) is 6.92 Å². The van der Waals surface area contributed by atoms with Gasteiger partial charge >= 0.3 is 0 Å². The van der Waals surface area contributed by atoms with E-state index in [1.807, 2.05) is 36.5 Å². The molecule has 3 nitrogen and oxygen atoms in total. The molecule has 0 bridgehead atoms. The largest absolute Gasteiger partial charge is 0.290 e. The third-order valence-corrected chi connectivity index (χ3v) is 5.57. The zero-order chi connectivity index (χ0) is 17.9. The Morgan fingerprint density at radius 1 is 1.04 bits per heavy atom. The second-order valence-corrected chi connectivity index (χ2v) is 7.51. The quantitative estimate of drug-likeness (QED) is 0.562. The summed E-state index contributed by atoms with van der Waals surface area (Å²) in [5, 5.41) is 1.76. The van der Waals surface area contributed by atoms with Gasteiger partial charge in [0.05, 0.1) is 12.2 Å². The molecule has 1 aromatic heterocycles. The summed E-state index contributed by atoms with van der Waals surface area (Å²) < 4.78 is 0. The van der Waals surface area contributed by atoms with Gasteiger partial charge in [0.2, 0.25) is 0 Å². The van der Waals surface area contributed by atoms with Crippen LogP contribution in [0.5, 0.6) is 0 Å². The lowest BCUT2D eigenvalue weighted by Gasteiger charge is -2.27. The molecule has 0 spiro atoms. The van der Waals surface area contributed by atoms with Gasteiger partial charge in [-0.1, -0.05) is 41.6 Å². The van der Waals surface area contributed by atoms with Crippen LogP contribution in [0.3, 0.4) is 0 Å². The third kappa shape index (κ3) is 3.35. The summed E-state index contributed by atoms with van der Waals surface area (Å²) in [5.41, 5.74) is 5.68. The monoisotopic (exact) mass is 379 g/mol. The molecule has 0 aliphatic carbocycles. The maximum Gasteiger partial charge on any atom is 0.168 e. The van der Waals surface area contributed by atoms with E-state index in [1.165, 1.54) is 11.1 Å². The Balaban J connectivity index is 1.85. The number of aromatic nitrogens is 1. The van der Waals surface area contributed by atoms with Crippen molar-refractivity contribution >= 4 is 39.9 Å². The van der Waals surface area contributed by atoms with E-state index in [2.05, 4.69) is 41.1 Å². The van der Waals surface area contributed by atoms with Crippen molar-refractivity contribution in [3.63, 3.8) is 0 Å². The topological polar surface area (TPSA) is 28.5 Å². The van der Waals surface area contributed by atoms with Crippen molar-refractivity contribution in [1.29, 1.82) is 0 Å². The fraction of sp³-hybridized carbons (Fsp3) is 0.143. The first-order chi connectivity index (χ1) is 12.7. The summed E-state index contributed by atoms with van der Waals surface area (Å²) in [4.78, 5) is 11.2. The number of benzene rings is 2. The first-order valence-electron chi connectivity index (χ1n) is 8.47. The molecule has 0 atom stereocenters. The number of halogens is 1. The smallest absolute Gasteiger partial charge is 0.168 e. The summed E-state index contributed by atoms with van der Waals surface area (Å²) in [5.74, 6) is 1.01. The number of aliphatic imine (C=N–C) groups is 1. The van der Waals surface area contributed by atoms with Crippen LogP contribution in [0.1, 0.15) is 5.56 Å². The molecule has 2 heterocycles. The second-order valence-electron chi connectivity index (χ2n) is 6.02. The minimum absolute atomic E-state index is 0.732. The molecule has 1 aliphatic rings. The molecular weight excluding hydrogens is 362 g/mol. The predicted molar refractivity (Wildman–Crippen MR) is 113 cm³/mol. The van der Waals surface area contributed by atoms with Crippen LogP contribution in [0.25, 0.3) is 11.1 Å². The molecule has 0 fully saturated rings. The highest BCUT2D eigenvalue weighted by Crippen LogP contribution is 2.37. The normalized spacial score (nSPS) is 13.5. The SMILES string of the molecule is Cc1c(-c2cccnc2)cccc1N(C1=NCCS1)c1ccc(Cl)cc1. The minimum atomic E-state index is 0.732. The molecule has 0 saturated heterocycles. The maximum atomic E-state index is 6.10. The van der Waals surface area contributed by atoms with E-state index >= 15 is 0 Å². The number of hydrogen-bond acceptors (Lipinski definition) is 4. The zero-order valence-corrected chi connectivity index (χ0v) is 16.0. The first-order valence-corrected chi connectivity index (χ1v) is 9.83. The van der Waals surface area contributed by atoms with Crippen LogP contribution >= 0.6 is 23.4 Å². The highest BCUT2D eigenvalue weighted by atomic mass is 35.5. The van der Waals surface area contributed by atoms with E-state index in [0.717, 1.165) is 39.4 Å². The van der Waals surface area contributed by atoms with Gasteiger partial charge in [-0.2, -0.15) is 0 Å². The Kier molecular flexibility index (Phi) is 4.96. The van der Waals surface area contributed by atoms with E-state index in [1.54, 1.807) is 18.0 Å². The zero-order valence-electron chi connectivity index (χ0n) is 14.4. The van der Waals surface area contributed by atoms with E-state index in [9.17, 15) is 0 Å². The number of nitrogens with zero attached hydrogens (tertiary/aromatic N) is 3. The van der Waals surface area contributed by atoms with Crippen molar-refractivity contribution in [1.82, 2.24) is 4.98 Å². The molecule has 0 amide bonds. The Labute approximate surface area is 162 Å². The molecule has 0 saturated carbocycles. The molecule has 3 aromatic rings. The van der Waals surface area contributed by atoms with Crippen LogP contribution in [0, 0.1) is 6.92 Å². The first kappa shape index (κ1) is 17.1. The van der Waals surface area contributed by atoms with Crippen LogP contribution in [0.4, 0.5) is 11.4 Å². The summed E-state index contributed by atoms with van der Waals surface area (Å²) in [6, 6.07) is 18.4. The third-order valence-electron chi connectivity index (χ3n) is 4.36. The van der Waals surface area contributed by atoms with Crippen molar-refractivity contribution in [2.24, 2.45) is 4.99 Å². The van der Waals surface area contributed by atoms with Crippen LogP contribution < -0.4 is 4.90 Å². The van der Waals surface area contributed by atoms with E-state index < -0.39 is 0 Å². The number of hydrogen-bond donors (Lipinski definition) is 0. The average Bonchev–Trinajstić information content (AvgIpc) is 3.20. The second kappa shape index (κ2) is 7.52. The van der Waals surface area contributed by atoms with Crippen molar-refractivity contribution in [3.05, 3.63) is 77.6 Å². The van der Waals surface area contributed by atoms with Crippen LogP contribution in [0.15, 0.2) is 72.0 Å². The Hall–Kier alpha value is -2.30. The maximum absolute atomic E-state index is 6.10. The van der Waals surface area contributed by atoms with Gasteiger partial charge in [-0.25, -0.2) is 0 Å². The fourth-order valence-corrected chi connectivity index (χ4v) is 4.11. The van der Waals surface area contributed by atoms with Gasteiger partial charge in [-0.15, -0.1) is 0 Å². The predicted octanol–water partition coefficient (Wildman–Crippen LogP) is 5.95. The minimum Gasteiger partial charge on any atom is -0.290 e. The van der Waals surface area contributed by atoms with Gasteiger partial charge in [-0.3, -0.25) is 14.9 Å². The summed E-state index contributed by atoms with van der Waals surface area (Å²) >= 11 is 7.88. The van der Waals surface area contributed by atoms with E-state index in [0.29, 0.717) is 0 Å². The van der Waals surface area contributed by atoms with Gasteiger partial charge in [0, 0.05) is 34.4 Å². The van der Waals surface area contributed by atoms with E-state index in [4.69, 9.17) is 16.6 Å². The lowest BCUT2D eigenvalue weighted by atomic mass is 10.00. The van der Waals surface area contributed by atoms with Gasteiger partial charge in [-0.05, 0) is 54.4 Å². The van der Waals surface area contributed by atoms with Crippen molar-refractivity contribution in [2.75, 3.05) is 17.2 Å². The lowest BCUT2D eigenvalue weighted by Crippen LogP contribution is -2.23. The Morgan fingerprint density at radius 3 is 2.58 bits per heavy atom. The number of thioether (sulfide) groups is 1. The van der Waals surface area contributed by atoms with Crippen LogP contribution in [-0.4, -0.2) is 22.4 Å². The van der Waals surface area contributed by atoms with Gasteiger partial charge < -0.3 is 0 Å². The Bertz CT molecular complexity index is 939. The molecule has 26 heavy (non-hydrogen) atoms. The number of anilines is 2. The van der Waals surface area contributed by atoms with Gasteiger partial charge in [0.25, 0.3) is 0 Å². The molecule has 0 unspecified atom stereocenters.